The summed E-state index contributed by atoms with van der Waals surface area (Å²) in [6.07, 6.45) is 1.52. The van der Waals surface area contributed by atoms with Crippen LogP contribution >= 0.6 is 0 Å². The van der Waals surface area contributed by atoms with Gasteiger partial charge in [0, 0.05) is 37.4 Å². The van der Waals surface area contributed by atoms with E-state index in [-0.39, 0.29) is 11.5 Å². The number of hydrogen-bond donors (Lipinski definition) is 2. The number of carbonyl (C=O) groups is 2. The number of nitrogens with one attached hydrogen (secondary N) is 1. The number of carboxylic acid groups (broad SMARTS) is 1. The molecule has 0 saturated carbocycles. The molecule has 33 heavy (non-hydrogen) atoms. The number of nitrogens with zero attached hydrogens (tertiary/aromatic N) is 3. The molecule has 1 aliphatic heterocycles. The summed E-state index contributed by atoms with van der Waals surface area (Å²) in [5.41, 5.74) is 5.59. The summed E-state index contributed by atoms with van der Waals surface area (Å²) < 4.78 is 0. The van der Waals surface area contributed by atoms with E-state index in [0.717, 1.165) is 18.7 Å². The molecule has 2 aromatic carbocycles. The average Bonchev–Trinajstić information content (AvgIpc) is 2.81. The summed E-state index contributed by atoms with van der Waals surface area (Å²) in [7, 11) is 0. The number of carboxylic acids is 1. The highest BCUT2D eigenvalue weighted by atomic mass is 16.4. The van der Waals surface area contributed by atoms with Crippen molar-refractivity contribution in [3.05, 3.63) is 82.5 Å². The fourth-order valence-corrected chi connectivity index (χ4v) is 4.14. The summed E-state index contributed by atoms with van der Waals surface area (Å²) >= 11 is 0. The van der Waals surface area contributed by atoms with E-state index in [1.54, 1.807) is 12.1 Å². The minimum atomic E-state index is -1.07. The zero-order valence-electron chi connectivity index (χ0n) is 19.1. The Labute approximate surface area is 193 Å². The first-order chi connectivity index (χ1) is 15.8. The van der Waals surface area contributed by atoms with Crippen LogP contribution in [0.2, 0.25) is 0 Å². The van der Waals surface area contributed by atoms with Gasteiger partial charge in [-0.15, -0.1) is 0 Å². The van der Waals surface area contributed by atoms with Gasteiger partial charge in [0.2, 0.25) is 0 Å². The number of aromatic nitrogens is 1. The van der Waals surface area contributed by atoms with Gasteiger partial charge in [0.05, 0.1) is 11.9 Å². The maximum absolute atomic E-state index is 12.6. The van der Waals surface area contributed by atoms with Crippen molar-refractivity contribution in [2.45, 2.75) is 20.8 Å². The Kier molecular flexibility index (Phi) is 6.31. The molecule has 1 aliphatic rings. The molecule has 0 aliphatic carbocycles. The fraction of sp³-hybridized carbons (Fsp3) is 0.269. The lowest BCUT2D eigenvalue weighted by molar-refractivity contribution is 0.0696. The van der Waals surface area contributed by atoms with Crippen LogP contribution in [0.15, 0.2) is 54.7 Å². The molecular formula is C26H28N4O3. The molecule has 7 nitrogen and oxygen atoms in total. The number of carbonyl (C=O) groups excluding carboxylic acids is 1. The molecule has 1 aromatic heterocycles. The third-order valence-electron chi connectivity index (χ3n) is 5.92. The lowest BCUT2D eigenvalue weighted by Crippen LogP contribution is -2.47. The Hall–Kier alpha value is -3.87. The molecule has 7 heteroatoms. The minimum absolute atomic E-state index is 0.0808. The summed E-state index contributed by atoms with van der Waals surface area (Å²) in [5, 5.41) is 12.6. The predicted molar refractivity (Wildman–Crippen MR) is 131 cm³/mol. The van der Waals surface area contributed by atoms with Gasteiger partial charge in [-0.3, -0.25) is 4.79 Å². The van der Waals surface area contributed by atoms with Crippen molar-refractivity contribution >= 4 is 29.1 Å². The maximum Gasteiger partial charge on any atom is 0.339 e. The fourth-order valence-electron chi connectivity index (χ4n) is 4.14. The van der Waals surface area contributed by atoms with Gasteiger partial charge in [-0.2, -0.15) is 0 Å². The number of hydrogen-bond acceptors (Lipinski definition) is 5. The van der Waals surface area contributed by atoms with Crippen LogP contribution in [0.25, 0.3) is 0 Å². The van der Waals surface area contributed by atoms with Crippen LogP contribution in [0.4, 0.5) is 17.2 Å². The van der Waals surface area contributed by atoms with Gasteiger partial charge in [0.25, 0.3) is 5.91 Å². The largest absolute Gasteiger partial charge is 0.478 e. The van der Waals surface area contributed by atoms with Gasteiger partial charge in [-0.25, -0.2) is 9.78 Å². The molecule has 0 unspecified atom stereocenters. The Morgan fingerprint density at radius 1 is 0.909 bits per heavy atom. The van der Waals surface area contributed by atoms with E-state index in [4.69, 9.17) is 0 Å². The maximum atomic E-state index is 12.6. The second kappa shape index (κ2) is 9.32. The highest BCUT2D eigenvalue weighted by Crippen LogP contribution is 2.27. The summed E-state index contributed by atoms with van der Waals surface area (Å²) in [5.74, 6) is -0.940. The highest BCUT2D eigenvalue weighted by molar-refractivity contribution is 6.05. The molecule has 2 heterocycles. The third kappa shape index (κ3) is 4.98. The van der Waals surface area contributed by atoms with Crippen LogP contribution in [0.3, 0.4) is 0 Å². The SMILES string of the molecule is Cc1cccc(C(=O)Nc2cnc(N3CCN(c4cc(C)ccc4C)CC3)c(C(=O)O)c2)c1. The Balaban J connectivity index is 1.50. The van der Waals surface area contributed by atoms with Crippen LogP contribution in [-0.2, 0) is 0 Å². The van der Waals surface area contributed by atoms with Gasteiger partial charge in [-0.1, -0.05) is 29.8 Å². The molecule has 0 bridgehead atoms. The van der Waals surface area contributed by atoms with Crippen molar-refractivity contribution in [3.8, 4) is 0 Å². The summed E-state index contributed by atoms with van der Waals surface area (Å²) in [4.78, 5) is 33.3. The predicted octanol–water partition coefficient (Wildman–Crippen LogP) is 4.28. The number of piperazine rings is 1. The third-order valence-corrected chi connectivity index (χ3v) is 5.92. The van der Waals surface area contributed by atoms with Crippen molar-refractivity contribution in [2.75, 3.05) is 41.3 Å². The van der Waals surface area contributed by atoms with E-state index in [1.165, 1.54) is 29.1 Å². The zero-order valence-corrected chi connectivity index (χ0v) is 19.1. The van der Waals surface area contributed by atoms with Crippen LogP contribution in [0.1, 0.15) is 37.4 Å². The second-order valence-corrected chi connectivity index (χ2v) is 8.49. The van der Waals surface area contributed by atoms with Gasteiger partial charge >= 0.3 is 5.97 Å². The molecule has 1 saturated heterocycles. The summed E-state index contributed by atoms with van der Waals surface area (Å²) in [6.45, 7) is 8.98. The molecule has 0 spiro atoms. The van der Waals surface area contributed by atoms with Gasteiger partial charge in [0.1, 0.15) is 11.4 Å². The number of rotatable bonds is 5. The van der Waals surface area contributed by atoms with Gasteiger partial charge < -0.3 is 20.2 Å². The number of aryl methyl sites for hydroxylation is 3. The number of benzene rings is 2. The van der Waals surface area contributed by atoms with Crippen LogP contribution < -0.4 is 15.1 Å². The molecule has 170 valence electrons. The molecule has 1 amide bonds. The first-order valence-corrected chi connectivity index (χ1v) is 11.0. The average molecular weight is 445 g/mol. The number of amides is 1. The molecule has 1 fully saturated rings. The highest BCUT2D eigenvalue weighted by Gasteiger charge is 2.24. The van der Waals surface area contributed by atoms with E-state index < -0.39 is 5.97 Å². The number of pyridine rings is 1. The monoisotopic (exact) mass is 444 g/mol. The second-order valence-electron chi connectivity index (χ2n) is 8.49. The molecule has 2 N–H and O–H groups in total. The van der Waals surface area contributed by atoms with Crippen molar-refractivity contribution in [3.63, 3.8) is 0 Å². The van der Waals surface area contributed by atoms with Crippen molar-refractivity contribution in [1.82, 2.24) is 4.98 Å². The lowest BCUT2D eigenvalue weighted by atomic mass is 10.1. The van der Waals surface area contributed by atoms with E-state index in [9.17, 15) is 14.7 Å². The van der Waals surface area contributed by atoms with Crippen LogP contribution in [0.5, 0.6) is 0 Å². The Bertz CT molecular complexity index is 1200. The van der Waals surface area contributed by atoms with Crippen molar-refractivity contribution < 1.29 is 14.7 Å². The van der Waals surface area contributed by atoms with E-state index in [2.05, 4.69) is 47.2 Å². The zero-order chi connectivity index (χ0) is 23.5. The molecule has 0 atom stereocenters. The summed E-state index contributed by atoms with van der Waals surface area (Å²) in [6, 6.07) is 15.1. The van der Waals surface area contributed by atoms with Crippen LogP contribution in [0, 0.1) is 20.8 Å². The molecular weight excluding hydrogens is 416 g/mol. The topological polar surface area (TPSA) is 85.8 Å². The lowest BCUT2D eigenvalue weighted by Gasteiger charge is -2.38. The quantitative estimate of drug-likeness (QED) is 0.611. The number of anilines is 3. The minimum Gasteiger partial charge on any atom is -0.478 e. The molecule has 3 aromatic rings. The van der Waals surface area contributed by atoms with E-state index in [0.29, 0.717) is 30.2 Å². The standard InChI is InChI=1S/C26H28N4O3/c1-17-5-4-6-20(13-17)25(31)28-21-15-22(26(32)33)24(27-16-21)30-11-9-29(10-12-30)23-14-18(2)7-8-19(23)3/h4-8,13-16H,9-12H2,1-3H3,(H,28,31)(H,32,33). The van der Waals surface area contributed by atoms with Crippen molar-refractivity contribution in [1.29, 1.82) is 0 Å². The van der Waals surface area contributed by atoms with E-state index >= 15 is 0 Å². The number of aromatic carboxylic acids is 1. The molecule has 0 radical (unpaired) electrons. The van der Waals surface area contributed by atoms with Gasteiger partial charge in [-0.05, 0) is 56.2 Å². The van der Waals surface area contributed by atoms with Crippen LogP contribution in [-0.4, -0.2) is 48.1 Å². The van der Waals surface area contributed by atoms with E-state index in [1.807, 2.05) is 24.0 Å². The first kappa shape index (κ1) is 22.3. The Morgan fingerprint density at radius 2 is 1.61 bits per heavy atom. The Morgan fingerprint density at radius 3 is 2.30 bits per heavy atom. The first-order valence-electron chi connectivity index (χ1n) is 11.0. The smallest absolute Gasteiger partial charge is 0.339 e. The normalized spacial score (nSPS) is 13.7. The van der Waals surface area contributed by atoms with Gasteiger partial charge in [0.15, 0.2) is 0 Å². The molecule has 4 rings (SSSR count). The van der Waals surface area contributed by atoms with Crippen molar-refractivity contribution in [2.24, 2.45) is 0 Å².